The van der Waals surface area contributed by atoms with E-state index in [0.717, 1.165) is 51.4 Å². The van der Waals surface area contributed by atoms with Gasteiger partial charge >= 0.3 is 0 Å². The van der Waals surface area contributed by atoms with Gasteiger partial charge in [-0.3, -0.25) is 4.79 Å². The van der Waals surface area contributed by atoms with Gasteiger partial charge in [-0.05, 0) is 57.8 Å². The molecule has 0 saturated carbocycles. The van der Waals surface area contributed by atoms with Gasteiger partial charge in [0.25, 0.3) is 0 Å². The molecule has 0 aromatic carbocycles. The second kappa shape index (κ2) is 39.9. The van der Waals surface area contributed by atoms with Gasteiger partial charge in [0.2, 0.25) is 5.91 Å². The fraction of sp³-hybridized carbons (Fsp3) is 0.868. The number of hydrogen-bond donors (Lipinski definition) is 9. The molecule has 9 N–H and O–H groups in total. The van der Waals surface area contributed by atoms with E-state index in [2.05, 4.69) is 43.5 Å². The van der Waals surface area contributed by atoms with Crippen LogP contribution in [0.4, 0.5) is 0 Å². The molecule has 0 bridgehead atoms. The minimum atomic E-state index is -1.79. The Morgan fingerprint density at radius 3 is 1.48 bits per heavy atom. The molecule has 12 unspecified atom stereocenters. The number of hydrogen-bond acceptors (Lipinski definition) is 13. The smallest absolute Gasteiger partial charge is 0.220 e. The third-order valence-corrected chi connectivity index (χ3v) is 13.0. The fourth-order valence-electron chi connectivity index (χ4n) is 8.65. The summed E-state index contributed by atoms with van der Waals surface area (Å²) in [5.41, 5.74) is 0. The van der Waals surface area contributed by atoms with E-state index in [0.29, 0.717) is 12.8 Å². The Labute approximate surface area is 404 Å². The fourth-order valence-corrected chi connectivity index (χ4v) is 8.65. The van der Waals surface area contributed by atoms with Crippen molar-refractivity contribution in [2.45, 2.75) is 274 Å². The lowest BCUT2D eigenvalue weighted by molar-refractivity contribution is -0.359. The maximum atomic E-state index is 13.2. The van der Waals surface area contributed by atoms with Gasteiger partial charge < -0.3 is 65.1 Å². The lowest BCUT2D eigenvalue weighted by Crippen LogP contribution is -2.65. The standard InChI is InChI=1S/C53H97NO13/c1-3-5-7-9-11-13-15-17-18-19-20-21-22-23-25-26-28-30-32-34-36-42(57)41(54-45(58)37-35-33-31-29-27-24-16-14-12-10-8-6-4-2)40-64-52-50(63)48(61)51(44(39-56)66-52)67-53-49(62)47(60)46(59)43(38-55)65-53/h14,16,26,28,34,36,41-44,46-53,55-57,59-63H,3-13,15,17-25,27,29-33,35,37-40H2,1-2H3,(H,54,58)/b16-14-,28-26+,36-34+. The normalized spacial score (nSPS) is 26.8. The molecule has 12 atom stereocenters. The first-order chi connectivity index (χ1) is 32.6. The molecular formula is C53H97NO13. The number of nitrogens with one attached hydrogen (secondary N) is 1. The van der Waals surface area contributed by atoms with E-state index in [4.69, 9.17) is 18.9 Å². The van der Waals surface area contributed by atoms with Crippen molar-refractivity contribution in [3.8, 4) is 0 Å². The predicted molar refractivity (Wildman–Crippen MR) is 263 cm³/mol. The van der Waals surface area contributed by atoms with Crippen molar-refractivity contribution in [1.29, 1.82) is 0 Å². The molecule has 2 aliphatic rings. The number of carbonyl (C=O) groups is 1. The lowest BCUT2D eigenvalue weighted by Gasteiger charge is -2.46. The molecule has 392 valence electrons. The molecule has 1 amide bonds. The number of unbranched alkanes of at least 4 members (excludes halogenated alkanes) is 24. The Bertz CT molecular complexity index is 1270. The number of aliphatic hydroxyl groups excluding tert-OH is 8. The Hall–Kier alpha value is -1.79. The van der Waals surface area contributed by atoms with Gasteiger partial charge in [-0.1, -0.05) is 172 Å². The maximum absolute atomic E-state index is 13.2. The predicted octanol–water partition coefficient (Wildman–Crippen LogP) is 7.49. The minimum absolute atomic E-state index is 0.259. The average Bonchev–Trinajstić information content (AvgIpc) is 3.32. The first kappa shape index (κ1) is 61.3. The van der Waals surface area contributed by atoms with Crippen molar-refractivity contribution in [3.05, 3.63) is 36.5 Å². The number of amides is 1. The molecule has 14 nitrogen and oxygen atoms in total. The van der Waals surface area contributed by atoms with E-state index in [-0.39, 0.29) is 18.9 Å². The summed E-state index contributed by atoms with van der Waals surface area (Å²) in [6.07, 6.45) is 29.0. The van der Waals surface area contributed by atoms with E-state index < -0.39 is 86.8 Å². The monoisotopic (exact) mass is 956 g/mol. The SMILES string of the molecule is CCCCCC/C=C\CCCCCCCC(=O)NC(COC1OC(CO)C(OC2OC(CO)C(O)C(O)C2O)C(O)C1O)C(O)/C=C/CC/C=C/CCCCCCCCCCCCCCCC. The van der Waals surface area contributed by atoms with E-state index >= 15 is 0 Å². The molecule has 2 rings (SSSR count). The van der Waals surface area contributed by atoms with Gasteiger partial charge in [0, 0.05) is 6.42 Å². The van der Waals surface area contributed by atoms with E-state index in [1.165, 1.54) is 116 Å². The first-order valence-corrected chi connectivity index (χ1v) is 26.7. The average molecular weight is 956 g/mol. The lowest BCUT2D eigenvalue weighted by atomic mass is 9.97. The third kappa shape index (κ3) is 26.8. The zero-order chi connectivity index (χ0) is 48.9. The highest BCUT2D eigenvalue weighted by molar-refractivity contribution is 5.76. The molecule has 0 aromatic heterocycles. The number of ether oxygens (including phenoxy) is 4. The minimum Gasteiger partial charge on any atom is -0.394 e. The van der Waals surface area contributed by atoms with Crippen LogP contribution in [0.15, 0.2) is 36.5 Å². The van der Waals surface area contributed by atoms with E-state index in [1.54, 1.807) is 6.08 Å². The zero-order valence-electron chi connectivity index (χ0n) is 41.6. The van der Waals surface area contributed by atoms with E-state index in [1.807, 2.05) is 6.08 Å². The summed E-state index contributed by atoms with van der Waals surface area (Å²) in [4.78, 5) is 13.2. The van der Waals surface area contributed by atoms with Gasteiger partial charge in [-0.2, -0.15) is 0 Å². The van der Waals surface area contributed by atoms with Crippen LogP contribution in [-0.4, -0.2) is 140 Å². The van der Waals surface area contributed by atoms with Crippen molar-refractivity contribution in [2.24, 2.45) is 0 Å². The molecule has 2 heterocycles. The quantitative estimate of drug-likeness (QED) is 0.0214. The van der Waals surface area contributed by atoms with Crippen molar-refractivity contribution < 1.29 is 64.6 Å². The maximum Gasteiger partial charge on any atom is 0.220 e. The molecule has 0 radical (unpaired) electrons. The van der Waals surface area contributed by atoms with E-state index in [9.17, 15) is 45.6 Å². The topological polar surface area (TPSA) is 228 Å². The molecule has 0 spiro atoms. The largest absolute Gasteiger partial charge is 0.394 e. The van der Waals surface area contributed by atoms with Crippen molar-refractivity contribution >= 4 is 5.91 Å². The summed E-state index contributed by atoms with van der Waals surface area (Å²) < 4.78 is 22.7. The van der Waals surface area contributed by atoms with Crippen LogP contribution in [0.2, 0.25) is 0 Å². The second-order valence-electron chi connectivity index (χ2n) is 19.0. The highest BCUT2D eigenvalue weighted by Gasteiger charge is 2.51. The second-order valence-corrected chi connectivity index (χ2v) is 19.0. The van der Waals surface area contributed by atoms with Crippen molar-refractivity contribution in [1.82, 2.24) is 5.32 Å². The summed E-state index contributed by atoms with van der Waals surface area (Å²) in [5, 5.41) is 86.8. The molecule has 2 aliphatic heterocycles. The Morgan fingerprint density at radius 1 is 0.522 bits per heavy atom. The molecule has 2 fully saturated rings. The zero-order valence-corrected chi connectivity index (χ0v) is 41.6. The molecular weight excluding hydrogens is 859 g/mol. The molecule has 0 aliphatic carbocycles. The Morgan fingerprint density at radius 2 is 0.955 bits per heavy atom. The van der Waals surface area contributed by atoms with Crippen LogP contribution in [0.1, 0.15) is 200 Å². The number of aliphatic hydroxyl groups is 8. The number of carbonyl (C=O) groups excluding carboxylic acids is 1. The van der Waals surface area contributed by atoms with Crippen LogP contribution >= 0.6 is 0 Å². The van der Waals surface area contributed by atoms with Crippen LogP contribution in [0.5, 0.6) is 0 Å². The first-order valence-electron chi connectivity index (χ1n) is 26.7. The van der Waals surface area contributed by atoms with Crippen LogP contribution < -0.4 is 5.32 Å². The summed E-state index contributed by atoms with van der Waals surface area (Å²) in [7, 11) is 0. The third-order valence-electron chi connectivity index (χ3n) is 13.0. The summed E-state index contributed by atoms with van der Waals surface area (Å²) in [6, 6.07) is -0.933. The van der Waals surface area contributed by atoms with Crippen molar-refractivity contribution in [2.75, 3.05) is 19.8 Å². The van der Waals surface area contributed by atoms with Crippen molar-refractivity contribution in [3.63, 3.8) is 0 Å². The van der Waals surface area contributed by atoms with Crippen LogP contribution in [0.3, 0.4) is 0 Å². The van der Waals surface area contributed by atoms with Crippen LogP contribution in [0, 0.1) is 0 Å². The number of allylic oxidation sites excluding steroid dienone is 5. The Balaban J connectivity index is 1.84. The van der Waals surface area contributed by atoms with Crippen LogP contribution in [-0.2, 0) is 23.7 Å². The molecule has 14 heteroatoms. The Kier molecular flexibility index (Phi) is 36.5. The van der Waals surface area contributed by atoms with Gasteiger partial charge in [0.1, 0.15) is 48.8 Å². The number of rotatable bonds is 41. The summed E-state index contributed by atoms with van der Waals surface area (Å²) in [6.45, 7) is 2.75. The summed E-state index contributed by atoms with van der Waals surface area (Å²) >= 11 is 0. The van der Waals surface area contributed by atoms with Crippen LogP contribution in [0.25, 0.3) is 0 Å². The summed E-state index contributed by atoms with van der Waals surface area (Å²) in [5.74, 6) is -0.259. The van der Waals surface area contributed by atoms with Gasteiger partial charge in [-0.15, -0.1) is 0 Å². The molecule has 67 heavy (non-hydrogen) atoms. The molecule has 2 saturated heterocycles. The van der Waals surface area contributed by atoms with Gasteiger partial charge in [-0.25, -0.2) is 0 Å². The highest BCUT2D eigenvalue weighted by atomic mass is 16.7. The van der Waals surface area contributed by atoms with Gasteiger partial charge in [0.05, 0.1) is 32.0 Å². The van der Waals surface area contributed by atoms with Gasteiger partial charge in [0.15, 0.2) is 12.6 Å². The highest BCUT2D eigenvalue weighted by Crippen LogP contribution is 2.30. The molecule has 0 aromatic rings.